The van der Waals surface area contributed by atoms with Crippen molar-refractivity contribution in [2.45, 2.75) is 44.2 Å². The molecule has 130 valence electrons. The van der Waals surface area contributed by atoms with E-state index >= 15 is 0 Å². The Morgan fingerprint density at radius 1 is 1.50 bits per heavy atom. The van der Waals surface area contributed by atoms with E-state index in [1.54, 1.807) is 9.80 Å². The molecule has 0 aromatic carbocycles. The van der Waals surface area contributed by atoms with Crippen LogP contribution in [0.2, 0.25) is 25.7 Å². The molecule has 1 saturated heterocycles. The number of anilines is 1. The SMILES string of the molecule is C[Si](C)(C)CCOC(=O)N1CC2Cc3nc(N)sc3C(C1)N2C#N. The molecule has 2 unspecified atom stereocenters. The van der Waals surface area contributed by atoms with Crippen molar-refractivity contribution >= 4 is 30.6 Å². The van der Waals surface area contributed by atoms with Crippen molar-refractivity contribution in [3.63, 3.8) is 0 Å². The van der Waals surface area contributed by atoms with Crippen molar-refractivity contribution < 1.29 is 9.53 Å². The van der Waals surface area contributed by atoms with Crippen LogP contribution in [0.15, 0.2) is 0 Å². The van der Waals surface area contributed by atoms with Crippen LogP contribution < -0.4 is 5.73 Å². The van der Waals surface area contributed by atoms with Gasteiger partial charge in [0.2, 0.25) is 0 Å². The minimum atomic E-state index is -1.23. The van der Waals surface area contributed by atoms with E-state index in [9.17, 15) is 10.1 Å². The van der Waals surface area contributed by atoms with E-state index in [0.29, 0.717) is 31.2 Å². The van der Waals surface area contributed by atoms with Crippen molar-refractivity contribution in [1.29, 1.82) is 5.26 Å². The number of thiazole rings is 1. The number of ether oxygens (including phenoxy) is 1. The molecule has 0 aliphatic carbocycles. The summed E-state index contributed by atoms with van der Waals surface area (Å²) < 4.78 is 5.47. The number of rotatable bonds is 3. The Labute approximate surface area is 147 Å². The highest BCUT2D eigenvalue weighted by Crippen LogP contribution is 2.40. The number of nitrogen functional groups attached to an aromatic ring is 1. The van der Waals surface area contributed by atoms with E-state index in [-0.39, 0.29) is 18.2 Å². The van der Waals surface area contributed by atoms with Crippen molar-refractivity contribution in [1.82, 2.24) is 14.8 Å². The molecule has 7 nitrogen and oxygen atoms in total. The summed E-state index contributed by atoms with van der Waals surface area (Å²) in [5.74, 6) is 0. The molecule has 0 saturated carbocycles. The highest BCUT2D eigenvalue weighted by Gasteiger charge is 2.43. The molecule has 1 amide bonds. The van der Waals surface area contributed by atoms with E-state index in [4.69, 9.17) is 10.5 Å². The molecule has 9 heteroatoms. The van der Waals surface area contributed by atoms with E-state index in [1.807, 2.05) is 0 Å². The Kier molecular flexibility index (Phi) is 4.44. The van der Waals surface area contributed by atoms with E-state index in [1.165, 1.54) is 11.3 Å². The number of nitrogens with zero attached hydrogens (tertiary/aromatic N) is 4. The zero-order valence-electron chi connectivity index (χ0n) is 14.3. The first-order valence-corrected chi connectivity index (χ1v) is 12.7. The summed E-state index contributed by atoms with van der Waals surface area (Å²) in [7, 11) is -1.23. The minimum Gasteiger partial charge on any atom is -0.450 e. The van der Waals surface area contributed by atoms with Gasteiger partial charge >= 0.3 is 6.09 Å². The third kappa shape index (κ3) is 3.35. The Morgan fingerprint density at radius 3 is 2.92 bits per heavy atom. The van der Waals surface area contributed by atoms with Crippen LogP contribution in [0, 0.1) is 11.5 Å². The standard InChI is InChI=1S/C15H23N5O2SSi/c1-24(2,3)5-4-22-15(21)19-7-10-6-11-13(23-14(17)18-11)12(8-19)20(10)9-16/h10,12H,4-8H2,1-3H3,(H2,17,18). The fourth-order valence-electron chi connectivity index (χ4n) is 3.19. The van der Waals surface area contributed by atoms with Gasteiger partial charge in [0.25, 0.3) is 0 Å². The molecule has 2 N–H and O–H groups in total. The molecule has 2 atom stereocenters. The van der Waals surface area contributed by atoms with Crippen LogP contribution in [0.4, 0.5) is 9.93 Å². The van der Waals surface area contributed by atoms with Gasteiger partial charge < -0.3 is 15.4 Å². The molecular weight excluding hydrogens is 342 g/mol. The lowest BCUT2D eigenvalue weighted by Crippen LogP contribution is -2.57. The van der Waals surface area contributed by atoms with Gasteiger partial charge in [0.05, 0.1) is 35.8 Å². The number of nitriles is 1. The third-order valence-corrected chi connectivity index (χ3v) is 7.21. The zero-order valence-corrected chi connectivity index (χ0v) is 16.1. The quantitative estimate of drug-likeness (QED) is 0.652. The molecule has 0 radical (unpaired) electrons. The largest absolute Gasteiger partial charge is 0.450 e. The molecule has 3 heterocycles. The van der Waals surface area contributed by atoms with Crippen molar-refractivity contribution in [3.05, 3.63) is 10.6 Å². The van der Waals surface area contributed by atoms with Crippen molar-refractivity contribution in [2.24, 2.45) is 0 Å². The number of nitrogens with two attached hydrogens (primary N) is 1. The number of fused-ring (bicyclic) bond motifs is 4. The van der Waals surface area contributed by atoms with Gasteiger partial charge in [-0.15, -0.1) is 0 Å². The lowest BCUT2D eigenvalue weighted by Gasteiger charge is -2.46. The summed E-state index contributed by atoms with van der Waals surface area (Å²) >= 11 is 1.41. The van der Waals surface area contributed by atoms with Crippen LogP contribution in [-0.2, 0) is 11.2 Å². The lowest BCUT2D eigenvalue weighted by molar-refractivity contribution is 0.0399. The highest BCUT2D eigenvalue weighted by molar-refractivity contribution is 7.15. The Bertz CT molecular complexity index is 680. The van der Waals surface area contributed by atoms with Crippen LogP contribution in [0.5, 0.6) is 0 Å². The molecule has 1 aromatic rings. The maximum atomic E-state index is 12.4. The van der Waals surface area contributed by atoms with Gasteiger partial charge in [-0.3, -0.25) is 4.90 Å². The predicted octanol–water partition coefficient (Wildman–Crippen LogP) is 2.26. The molecular formula is C15H23N5O2SSi. The van der Waals surface area contributed by atoms with E-state index in [2.05, 4.69) is 30.8 Å². The van der Waals surface area contributed by atoms with Gasteiger partial charge in [0, 0.05) is 21.0 Å². The van der Waals surface area contributed by atoms with Gasteiger partial charge in [0.15, 0.2) is 11.3 Å². The highest BCUT2D eigenvalue weighted by atomic mass is 32.1. The molecule has 1 fully saturated rings. The Morgan fingerprint density at radius 2 is 2.25 bits per heavy atom. The Balaban J connectivity index is 1.70. The van der Waals surface area contributed by atoms with Crippen molar-refractivity contribution in [3.8, 4) is 6.19 Å². The smallest absolute Gasteiger partial charge is 0.409 e. The van der Waals surface area contributed by atoms with Gasteiger partial charge in [-0.2, -0.15) is 5.26 Å². The average Bonchev–Trinajstić information content (AvgIpc) is 2.85. The number of hydrogen-bond donors (Lipinski definition) is 1. The van der Waals surface area contributed by atoms with E-state index < -0.39 is 8.07 Å². The fraction of sp³-hybridized carbons (Fsp3) is 0.667. The first-order chi connectivity index (χ1) is 11.3. The summed E-state index contributed by atoms with van der Waals surface area (Å²) in [5, 5.41) is 10.0. The van der Waals surface area contributed by atoms with Crippen LogP contribution in [0.1, 0.15) is 16.6 Å². The fourth-order valence-corrected chi connectivity index (χ4v) is 4.86. The van der Waals surface area contributed by atoms with Gasteiger partial charge in [-0.05, 0) is 6.04 Å². The lowest BCUT2D eigenvalue weighted by atomic mass is 9.94. The van der Waals surface area contributed by atoms with Gasteiger partial charge in [-0.1, -0.05) is 31.0 Å². The van der Waals surface area contributed by atoms with Crippen LogP contribution in [0.25, 0.3) is 0 Å². The molecule has 3 rings (SSSR count). The number of carbonyl (C=O) groups is 1. The molecule has 24 heavy (non-hydrogen) atoms. The molecule has 1 aromatic heterocycles. The maximum absolute atomic E-state index is 12.4. The number of hydrogen-bond acceptors (Lipinski definition) is 7. The number of carbonyl (C=O) groups excluding carboxylic acids is 1. The monoisotopic (exact) mass is 365 g/mol. The predicted molar refractivity (Wildman–Crippen MR) is 95.3 cm³/mol. The average molecular weight is 366 g/mol. The second-order valence-electron chi connectivity index (χ2n) is 7.57. The summed E-state index contributed by atoms with van der Waals surface area (Å²) in [6.07, 6.45) is 2.65. The molecule has 0 spiro atoms. The summed E-state index contributed by atoms with van der Waals surface area (Å²) in [4.78, 5) is 21.3. The first-order valence-electron chi connectivity index (χ1n) is 8.13. The second-order valence-corrected chi connectivity index (χ2v) is 14.3. The molecule has 2 aliphatic heterocycles. The van der Waals surface area contributed by atoms with Crippen LogP contribution in [-0.4, -0.2) is 54.7 Å². The number of piperazine rings is 1. The van der Waals surface area contributed by atoms with Crippen molar-refractivity contribution in [2.75, 3.05) is 25.4 Å². The van der Waals surface area contributed by atoms with E-state index in [0.717, 1.165) is 16.6 Å². The summed E-state index contributed by atoms with van der Waals surface area (Å²) in [6, 6.07) is 0.753. The molecule has 2 aliphatic rings. The van der Waals surface area contributed by atoms with Crippen LogP contribution >= 0.6 is 11.3 Å². The second kappa shape index (κ2) is 6.26. The topological polar surface area (TPSA) is 95.5 Å². The minimum absolute atomic E-state index is 0.0488. The van der Waals surface area contributed by atoms with Gasteiger partial charge in [-0.25, -0.2) is 9.78 Å². The first kappa shape index (κ1) is 17.0. The normalized spacial score (nSPS) is 22.8. The summed E-state index contributed by atoms with van der Waals surface area (Å²) in [6.45, 7) is 8.18. The summed E-state index contributed by atoms with van der Waals surface area (Å²) in [5.41, 5.74) is 6.81. The zero-order chi connectivity index (χ0) is 17.5. The molecule has 2 bridgehead atoms. The maximum Gasteiger partial charge on any atom is 0.409 e. The van der Waals surface area contributed by atoms with Gasteiger partial charge in [0.1, 0.15) is 0 Å². The Hall–Kier alpha value is -1.79. The number of aromatic nitrogens is 1. The third-order valence-electron chi connectivity index (χ3n) is 4.48. The number of amides is 1. The van der Waals surface area contributed by atoms with Crippen LogP contribution in [0.3, 0.4) is 0 Å².